The van der Waals surface area contributed by atoms with Gasteiger partial charge < -0.3 is 15.2 Å². The largest absolute Gasteiger partial charge is 0.495 e. The Bertz CT molecular complexity index is 702. The third-order valence-corrected chi connectivity index (χ3v) is 4.33. The second kappa shape index (κ2) is 7.56. The molecule has 128 valence electrons. The molecule has 0 atom stereocenters. The Kier molecular flexibility index (Phi) is 5.71. The first-order chi connectivity index (χ1) is 11.5. The van der Waals surface area contributed by atoms with E-state index in [0.29, 0.717) is 42.5 Å². The summed E-state index contributed by atoms with van der Waals surface area (Å²) in [5.74, 6) is 4.41. The highest BCUT2D eigenvalue weighted by Crippen LogP contribution is 2.36. The van der Waals surface area contributed by atoms with Crippen molar-refractivity contribution in [3.8, 4) is 17.6 Å². The van der Waals surface area contributed by atoms with Gasteiger partial charge >= 0.3 is 5.91 Å². The molecular weight excluding hydrogens is 332 g/mol. The van der Waals surface area contributed by atoms with E-state index in [1.165, 1.54) is 12.0 Å². The molecule has 24 heavy (non-hydrogen) atoms. The second-order valence-corrected chi connectivity index (χ2v) is 5.75. The third kappa shape index (κ3) is 3.32. The molecule has 0 saturated carbocycles. The lowest BCUT2D eigenvalue weighted by Gasteiger charge is -2.43. The van der Waals surface area contributed by atoms with Crippen LogP contribution in [0, 0.1) is 11.8 Å². The molecule has 1 aromatic rings. The van der Waals surface area contributed by atoms with Crippen LogP contribution >= 0.6 is 11.6 Å². The summed E-state index contributed by atoms with van der Waals surface area (Å²) in [6.45, 7) is 2.21. The van der Waals surface area contributed by atoms with Crippen molar-refractivity contribution in [3.05, 3.63) is 23.2 Å². The molecular formula is C17H19ClN2O4. The Morgan fingerprint density at radius 3 is 2.54 bits per heavy atom. The van der Waals surface area contributed by atoms with E-state index < -0.39 is 17.4 Å². The predicted octanol–water partition coefficient (Wildman–Crippen LogP) is 1.74. The summed E-state index contributed by atoms with van der Waals surface area (Å²) in [6, 6.07) is 4.85. The minimum absolute atomic E-state index is 0.295. The SMILES string of the molecule is CC#CC(=O)N(c1ccc(OC)c(Cl)c1)C1(C(N)=O)CCOCC1. The zero-order valence-corrected chi connectivity index (χ0v) is 14.4. The van der Waals surface area contributed by atoms with Crippen LogP contribution in [0.15, 0.2) is 18.2 Å². The van der Waals surface area contributed by atoms with Crippen molar-refractivity contribution in [2.45, 2.75) is 25.3 Å². The van der Waals surface area contributed by atoms with E-state index in [9.17, 15) is 9.59 Å². The molecule has 1 aromatic carbocycles. The average molecular weight is 351 g/mol. The molecule has 1 saturated heterocycles. The minimum atomic E-state index is -1.20. The molecule has 1 aliphatic heterocycles. The Morgan fingerprint density at radius 2 is 2.04 bits per heavy atom. The van der Waals surface area contributed by atoms with E-state index in [-0.39, 0.29) is 0 Å². The van der Waals surface area contributed by atoms with Crippen molar-refractivity contribution in [1.29, 1.82) is 0 Å². The molecule has 2 N–H and O–H groups in total. The normalized spacial score (nSPS) is 15.8. The standard InChI is InChI=1S/C17H19ClN2O4/c1-3-4-15(21)20(12-5-6-14(23-2)13(18)11-12)17(16(19)22)7-9-24-10-8-17/h5-6,11H,7-10H2,1-2H3,(H2,19,22). The number of carbonyl (C=O) groups excluding carboxylic acids is 2. The first-order valence-electron chi connectivity index (χ1n) is 7.44. The molecule has 0 aromatic heterocycles. The van der Waals surface area contributed by atoms with E-state index in [2.05, 4.69) is 11.8 Å². The van der Waals surface area contributed by atoms with E-state index in [1.807, 2.05) is 0 Å². The molecule has 1 aliphatic rings. The Morgan fingerprint density at radius 1 is 1.38 bits per heavy atom. The molecule has 6 nitrogen and oxygen atoms in total. The van der Waals surface area contributed by atoms with E-state index in [1.54, 1.807) is 25.1 Å². The van der Waals surface area contributed by atoms with Crippen molar-refractivity contribution in [3.63, 3.8) is 0 Å². The highest BCUT2D eigenvalue weighted by molar-refractivity contribution is 6.32. The Labute approximate surface area is 145 Å². The Balaban J connectivity index is 2.59. The van der Waals surface area contributed by atoms with Crippen LogP contribution in [-0.2, 0) is 14.3 Å². The second-order valence-electron chi connectivity index (χ2n) is 5.34. The summed E-state index contributed by atoms with van der Waals surface area (Å²) in [5.41, 5.74) is 4.92. The maximum absolute atomic E-state index is 12.6. The number of primary amides is 1. The van der Waals surface area contributed by atoms with Crippen molar-refractivity contribution in [2.24, 2.45) is 5.73 Å². The summed E-state index contributed by atoms with van der Waals surface area (Å²) < 4.78 is 10.5. The summed E-state index contributed by atoms with van der Waals surface area (Å²) in [4.78, 5) is 26.3. The molecule has 2 rings (SSSR count). The zero-order chi connectivity index (χ0) is 17.7. The van der Waals surface area contributed by atoms with Crippen LogP contribution in [0.25, 0.3) is 0 Å². The van der Waals surface area contributed by atoms with Gasteiger partial charge in [-0.05, 0) is 31.0 Å². The van der Waals surface area contributed by atoms with Gasteiger partial charge in [0.05, 0.1) is 12.1 Å². The number of halogens is 1. The fourth-order valence-electron chi connectivity index (χ4n) is 2.81. The molecule has 1 heterocycles. The van der Waals surface area contributed by atoms with Crippen molar-refractivity contribution >= 4 is 29.1 Å². The number of nitrogens with zero attached hydrogens (tertiary/aromatic N) is 1. The fourth-order valence-corrected chi connectivity index (χ4v) is 3.06. The van der Waals surface area contributed by atoms with Crippen LogP contribution in [0.1, 0.15) is 19.8 Å². The topological polar surface area (TPSA) is 81.9 Å². The average Bonchev–Trinajstić information content (AvgIpc) is 2.56. The lowest BCUT2D eigenvalue weighted by atomic mass is 9.86. The molecule has 2 amide bonds. The lowest BCUT2D eigenvalue weighted by Crippen LogP contribution is -2.62. The number of anilines is 1. The minimum Gasteiger partial charge on any atom is -0.495 e. The van der Waals surface area contributed by atoms with E-state index in [0.717, 1.165) is 0 Å². The van der Waals surface area contributed by atoms with Gasteiger partial charge in [-0.2, -0.15) is 0 Å². The third-order valence-electron chi connectivity index (χ3n) is 4.04. The number of carbonyl (C=O) groups is 2. The van der Waals surface area contributed by atoms with Crippen LogP contribution in [0.5, 0.6) is 5.75 Å². The quantitative estimate of drug-likeness (QED) is 0.838. The predicted molar refractivity (Wildman–Crippen MR) is 90.9 cm³/mol. The van der Waals surface area contributed by atoms with Crippen molar-refractivity contribution in [2.75, 3.05) is 25.2 Å². The number of nitrogens with two attached hydrogens (primary N) is 1. The van der Waals surface area contributed by atoms with Gasteiger partial charge in [0.15, 0.2) is 0 Å². The summed E-state index contributed by atoms with van der Waals surface area (Å²) in [6.07, 6.45) is 0.590. The zero-order valence-electron chi connectivity index (χ0n) is 13.6. The van der Waals surface area contributed by atoms with Gasteiger partial charge in [0, 0.05) is 31.7 Å². The van der Waals surface area contributed by atoms with Gasteiger partial charge in [0.2, 0.25) is 5.91 Å². The van der Waals surface area contributed by atoms with Crippen LogP contribution in [0.3, 0.4) is 0 Å². The maximum atomic E-state index is 12.6. The molecule has 0 radical (unpaired) electrons. The number of methoxy groups -OCH3 is 1. The van der Waals surface area contributed by atoms with Crippen LogP contribution < -0.4 is 15.4 Å². The monoisotopic (exact) mass is 350 g/mol. The molecule has 1 fully saturated rings. The number of rotatable bonds is 4. The highest BCUT2D eigenvalue weighted by Gasteiger charge is 2.47. The maximum Gasteiger partial charge on any atom is 0.303 e. The highest BCUT2D eigenvalue weighted by atomic mass is 35.5. The fraction of sp³-hybridized carbons (Fsp3) is 0.412. The van der Waals surface area contributed by atoms with Gasteiger partial charge in [-0.25, -0.2) is 0 Å². The summed E-state index contributed by atoms with van der Waals surface area (Å²) >= 11 is 6.18. The number of amides is 2. The van der Waals surface area contributed by atoms with Crippen LogP contribution in [0.4, 0.5) is 5.69 Å². The van der Waals surface area contributed by atoms with Gasteiger partial charge in [-0.1, -0.05) is 17.5 Å². The summed E-state index contributed by atoms with van der Waals surface area (Å²) in [7, 11) is 1.50. The molecule has 0 unspecified atom stereocenters. The van der Waals surface area contributed by atoms with Gasteiger partial charge in [-0.15, -0.1) is 0 Å². The van der Waals surface area contributed by atoms with Gasteiger partial charge in [0.25, 0.3) is 0 Å². The van der Waals surface area contributed by atoms with E-state index in [4.69, 9.17) is 26.8 Å². The molecule has 7 heteroatoms. The molecule has 0 aliphatic carbocycles. The number of hydrogen-bond donors (Lipinski definition) is 1. The van der Waals surface area contributed by atoms with E-state index >= 15 is 0 Å². The van der Waals surface area contributed by atoms with Crippen LogP contribution in [-0.4, -0.2) is 37.7 Å². The number of ether oxygens (including phenoxy) is 2. The van der Waals surface area contributed by atoms with Crippen molar-refractivity contribution < 1.29 is 19.1 Å². The first kappa shape index (κ1) is 18.1. The van der Waals surface area contributed by atoms with Crippen LogP contribution in [0.2, 0.25) is 5.02 Å². The molecule has 0 bridgehead atoms. The lowest BCUT2D eigenvalue weighted by molar-refractivity contribution is -0.130. The first-order valence-corrected chi connectivity index (χ1v) is 7.82. The smallest absolute Gasteiger partial charge is 0.303 e. The number of benzene rings is 1. The number of hydrogen-bond acceptors (Lipinski definition) is 4. The van der Waals surface area contributed by atoms with Crippen molar-refractivity contribution in [1.82, 2.24) is 0 Å². The molecule has 0 spiro atoms. The van der Waals surface area contributed by atoms with Gasteiger partial charge in [-0.3, -0.25) is 14.5 Å². The Hall–Kier alpha value is -2.23. The van der Waals surface area contributed by atoms with Gasteiger partial charge in [0.1, 0.15) is 11.3 Å². The summed E-state index contributed by atoms with van der Waals surface area (Å²) in [5, 5.41) is 0.323.